The molecule has 0 unspecified atom stereocenters. The Morgan fingerprint density at radius 3 is 2.77 bits per heavy atom. The van der Waals surface area contributed by atoms with E-state index in [9.17, 15) is 0 Å². The number of aromatic nitrogens is 1. The minimum atomic E-state index is 0.580. The molecule has 0 amide bonds. The third-order valence-corrected chi connectivity index (χ3v) is 4.49. The average molecular weight is 302 g/mol. The van der Waals surface area contributed by atoms with Crippen molar-refractivity contribution in [2.24, 2.45) is 10.9 Å². The third-order valence-electron chi connectivity index (χ3n) is 4.49. The maximum Gasteiger partial charge on any atom is 0.191 e. The van der Waals surface area contributed by atoms with Crippen LogP contribution in [0.1, 0.15) is 50.7 Å². The highest BCUT2D eigenvalue weighted by Gasteiger charge is 2.18. The van der Waals surface area contributed by atoms with E-state index >= 15 is 0 Å². The van der Waals surface area contributed by atoms with E-state index in [0.29, 0.717) is 6.04 Å². The molecule has 2 N–H and O–H groups in total. The normalized spacial score (nSPS) is 22.4. The summed E-state index contributed by atoms with van der Waals surface area (Å²) in [5, 5.41) is 6.97. The van der Waals surface area contributed by atoms with E-state index in [1.54, 1.807) is 0 Å². The highest BCUT2D eigenvalue weighted by atomic mass is 15.2. The largest absolute Gasteiger partial charge is 0.357 e. The van der Waals surface area contributed by atoms with Gasteiger partial charge in [0.15, 0.2) is 5.96 Å². The van der Waals surface area contributed by atoms with Crippen molar-refractivity contribution < 1.29 is 0 Å². The monoisotopic (exact) mass is 302 g/mol. The minimum absolute atomic E-state index is 0.580. The standard InChI is InChI=1S/C18H30N4/c1-4-20-18(22-17-7-5-14(2)6-8-17)21-12-10-16-9-11-19-13-15(16)3/h9,11,13-14,17H,4-8,10,12H2,1-3H3,(H2,20,21,22). The molecule has 0 bridgehead atoms. The summed E-state index contributed by atoms with van der Waals surface area (Å²) in [4.78, 5) is 8.88. The Morgan fingerprint density at radius 2 is 2.09 bits per heavy atom. The first-order valence-corrected chi connectivity index (χ1v) is 8.63. The second-order valence-electron chi connectivity index (χ2n) is 6.41. The van der Waals surface area contributed by atoms with E-state index < -0.39 is 0 Å². The first kappa shape index (κ1) is 16.8. The molecule has 1 saturated carbocycles. The van der Waals surface area contributed by atoms with E-state index in [1.807, 2.05) is 12.4 Å². The summed E-state index contributed by atoms with van der Waals surface area (Å²) in [6.07, 6.45) is 9.92. The molecule has 0 aliphatic heterocycles. The van der Waals surface area contributed by atoms with Crippen molar-refractivity contribution in [2.75, 3.05) is 13.1 Å². The summed E-state index contributed by atoms with van der Waals surface area (Å²) >= 11 is 0. The third kappa shape index (κ3) is 5.32. The zero-order valence-electron chi connectivity index (χ0n) is 14.2. The SMILES string of the molecule is CCNC(=NCCc1ccncc1C)NC1CCC(C)CC1. The molecular formula is C18H30N4. The van der Waals surface area contributed by atoms with Gasteiger partial charge < -0.3 is 10.6 Å². The Morgan fingerprint density at radius 1 is 1.32 bits per heavy atom. The van der Waals surface area contributed by atoms with Crippen LogP contribution in [0.5, 0.6) is 0 Å². The van der Waals surface area contributed by atoms with Crippen molar-refractivity contribution in [1.82, 2.24) is 15.6 Å². The molecule has 1 fully saturated rings. The number of nitrogens with one attached hydrogen (secondary N) is 2. The lowest BCUT2D eigenvalue weighted by atomic mass is 9.87. The van der Waals surface area contributed by atoms with Crippen molar-refractivity contribution in [1.29, 1.82) is 0 Å². The molecule has 0 saturated heterocycles. The van der Waals surface area contributed by atoms with E-state index in [0.717, 1.165) is 31.4 Å². The van der Waals surface area contributed by atoms with Crippen LogP contribution < -0.4 is 10.6 Å². The van der Waals surface area contributed by atoms with E-state index in [2.05, 4.69) is 42.5 Å². The van der Waals surface area contributed by atoms with Crippen molar-refractivity contribution in [3.63, 3.8) is 0 Å². The van der Waals surface area contributed by atoms with Gasteiger partial charge in [-0.15, -0.1) is 0 Å². The van der Waals surface area contributed by atoms with E-state index in [4.69, 9.17) is 4.99 Å². The fourth-order valence-corrected chi connectivity index (χ4v) is 2.99. The number of nitrogens with zero attached hydrogens (tertiary/aromatic N) is 2. The lowest BCUT2D eigenvalue weighted by Gasteiger charge is -2.28. The van der Waals surface area contributed by atoms with Crippen LogP contribution in [-0.4, -0.2) is 30.1 Å². The summed E-state index contributed by atoms with van der Waals surface area (Å²) in [5.41, 5.74) is 2.58. The van der Waals surface area contributed by atoms with Crippen LogP contribution in [0.2, 0.25) is 0 Å². The van der Waals surface area contributed by atoms with Gasteiger partial charge in [-0.1, -0.05) is 6.92 Å². The Balaban J connectivity index is 1.85. The summed E-state index contributed by atoms with van der Waals surface area (Å²) in [7, 11) is 0. The van der Waals surface area contributed by atoms with Gasteiger partial charge in [0.25, 0.3) is 0 Å². The molecule has 22 heavy (non-hydrogen) atoms. The van der Waals surface area contributed by atoms with E-state index in [-0.39, 0.29) is 0 Å². The summed E-state index contributed by atoms with van der Waals surface area (Å²) in [6.45, 7) is 8.30. The first-order chi connectivity index (χ1) is 10.7. The lowest BCUT2D eigenvalue weighted by molar-refractivity contribution is 0.329. The summed E-state index contributed by atoms with van der Waals surface area (Å²) in [6, 6.07) is 2.67. The van der Waals surface area contributed by atoms with Crippen LogP contribution in [0.15, 0.2) is 23.5 Å². The second-order valence-corrected chi connectivity index (χ2v) is 6.41. The predicted octanol–water partition coefficient (Wildman–Crippen LogP) is 3.07. The zero-order chi connectivity index (χ0) is 15.8. The average Bonchev–Trinajstić information content (AvgIpc) is 2.51. The van der Waals surface area contributed by atoms with Gasteiger partial charge in [0, 0.05) is 31.5 Å². The van der Waals surface area contributed by atoms with Crippen molar-refractivity contribution in [3.8, 4) is 0 Å². The van der Waals surface area contributed by atoms with Crippen molar-refractivity contribution >= 4 is 5.96 Å². The highest BCUT2D eigenvalue weighted by molar-refractivity contribution is 5.80. The molecule has 0 aromatic carbocycles. The van der Waals surface area contributed by atoms with E-state index in [1.165, 1.54) is 36.8 Å². The highest BCUT2D eigenvalue weighted by Crippen LogP contribution is 2.23. The molecule has 4 heteroatoms. The van der Waals surface area contributed by atoms with Gasteiger partial charge in [0.1, 0.15) is 0 Å². The lowest BCUT2D eigenvalue weighted by Crippen LogP contribution is -2.44. The van der Waals surface area contributed by atoms with Crippen molar-refractivity contribution in [3.05, 3.63) is 29.6 Å². The van der Waals surface area contributed by atoms with Gasteiger partial charge in [-0.25, -0.2) is 0 Å². The van der Waals surface area contributed by atoms with Crippen LogP contribution in [0.3, 0.4) is 0 Å². The Bertz CT molecular complexity index is 476. The van der Waals surface area contributed by atoms with Crippen LogP contribution in [0, 0.1) is 12.8 Å². The molecule has 2 rings (SSSR count). The van der Waals surface area contributed by atoms with Gasteiger partial charge in [0.05, 0.1) is 0 Å². The molecule has 1 aliphatic carbocycles. The smallest absolute Gasteiger partial charge is 0.191 e. The Hall–Kier alpha value is -1.58. The molecule has 1 aliphatic rings. The van der Waals surface area contributed by atoms with Crippen LogP contribution >= 0.6 is 0 Å². The topological polar surface area (TPSA) is 49.3 Å². The number of pyridine rings is 1. The maximum atomic E-state index is 4.74. The molecule has 0 radical (unpaired) electrons. The minimum Gasteiger partial charge on any atom is -0.357 e. The maximum absolute atomic E-state index is 4.74. The number of rotatable bonds is 5. The Labute approximate surface area is 134 Å². The number of aryl methyl sites for hydroxylation is 1. The van der Waals surface area contributed by atoms with Gasteiger partial charge in [-0.3, -0.25) is 9.98 Å². The second kappa shape index (κ2) is 8.76. The van der Waals surface area contributed by atoms with Gasteiger partial charge >= 0.3 is 0 Å². The number of hydrogen-bond acceptors (Lipinski definition) is 2. The number of hydrogen-bond donors (Lipinski definition) is 2. The first-order valence-electron chi connectivity index (χ1n) is 8.63. The van der Waals surface area contributed by atoms with Crippen LogP contribution in [0.4, 0.5) is 0 Å². The fourth-order valence-electron chi connectivity index (χ4n) is 2.99. The number of guanidine groups is 1. The summed E-state index contributed by atoms with van der Waals surface area (Å²) < 4.78 is 0. The predicted molar refractivity (Wildman–Crippen MR) is 93.2 cm³/mol. The fraction of sp³-hybridized carbons (Fsp3) is 0.667. The Kier molecular flexibility index (Phi) is 6.69. The molecule has 1 heterocycles. The molecule has 1 aromatic rings. The van der Waals surface area contributed by atoms with Gasteiger partial charge in [-0.05, 0) is 69.1 Å². The molecule has 122 valence electrons. The van der Waals surface area contributed by atoms with Crippen molar-refractivity contribution in [2.45, 2.75) is 58.9 Å². The van der Waals surface area contributed by atoms with Gasteiger partial charge in [0.2, 0.25) is 0 Å². The molecule has 4 nitrogen and oxygen atoms in total. The zero-order valence-corrected chi connectivity index (χ0v) is 14.2. The summed E-state index contributed by atoms with van der Waals surface area (Å²) in [5.74, 6) is 1.85. The molecule has 1 aromatic heterocycles. The quantitative estimate of drug-likeness (QED) is 0.649. The van der Waals surface area contributed by atoms with Gasteiger partial charge in [-0.2, -0.15) is 0 Å². The molecular weight excluding hydrogens is 272 g/mol. The molecule has 0 atom stereocenters. The van der Waals surface area contributed by atoms with Crippen LogP contribution in [0.25, 0.3) is 0 Å². The van der Waals surface area contributed by atoms with Crippen LogP contribution in [-0.2, 0) is 6.42 Å². The molecule has 0 spiro atoms. The number of aliphatic imine (C=N–C) groups is 1.